The van der Waals surface area contributed by atoms with Crippen LogP contribution in [0.4, 0.5) is 0 Å². The number of methoxy groups -OCH3 is 1. The highest BCUT2D eigenvalue weighted by atomic mass is 16.5. The molecule has 1 rings (SSSR count). The van der Waals surface area contributed by atoms with Gasteiger partial charge in [-0.3, -0.25) is 4.79 Å². The normalized spacial score (nSPS) is 12.1. The van der Waals surface area contributed by atoms with Gasteiger partial charge in [0, 0.05) is 12.5 Å². The molecule has 17 heavy (non-hydrogen) atoms. The summed E-state index contributed by atoms with van der Waals surface area (Å²) in [5.74, 6) is -0.164. The molecule has 0 aliphatic rings. The van der Waals surface area contributed by atoms with Gasteiger partial charge >= 0.3 is 5.97 Å². The highest BCUT2D eigenvalue weighted by Crippen LogP contribution is 2.22. The second-order valence-corrected chi connectivity index (χ2v) is 3.73. The number of carbonyl (C=O) groups is 1. The van der Waals surface area contributed by atoms with Crippen molar-refractivity contribution in [1.29, 1.82) is 0 Å². The first-order valence-electron chi connectivity index (χ1n) is 5.60. The predicted molar refractivity (Wildman–Crippen MR) is 64.5 cm³/mol. The smallest absolute Gasteiger partial charge is 0.304 e. The van der Waals surface area contributed by atoms with Crippen molar-refractivity contribution < 1.29 is 19.4 Å². The minimum atomic E-state index is -0.814. The Hall–Kier alpha value is -1.55. The van der Waals surface area contributed by atoms with Crippen LogP contribution >= 0.6 is 0 Å². The SMILES string of the molecule is CCOCC(CC(=O)O)c1ccc(OC)cc1. The minimum Gasteiger partial charge on any atom is -0.497 e. The van der Waals surface area contributed by atoms with Crippen molar-refractivity contribution in [2.75, 3.05) is 20.3 Å². The lowest BCUT2D eigenvalue weighted by atomic mass is 9.96. The van der Waals surface area contributed by atoms with Gasteiger partial charge in [0.1, 0.15) is 5.75 Å². The van der Waals surface area contributed by atoms with Crippen LogP contribution in [0.2, 0.25) is 0 Å². The van der Waals surface area contributed by atoms with E-state index in [0.29, 0.717) is 13.2 Å². The molecule has 0 aliphatic carbocycles. The van der Waals surface area contributed by atoms with Crippen LogP contribution in [-0.4, -0.2) is 31.4 Å². The second-order valence-electron chi connectivity index (χ2n) is 3.73. The molecule has 4 heteroatoms. The Bertz CT molecular complexity index is 345. The molecule has 0 amide bonds. The summed E-state index contributed by atoms with van der Waals surface area (Å²) in [6.45, 7) is 2.91. The summed E-state index contributed by atoms with van der Waals surface area (Å²) >= 11 is 0. The van der Waals surface area contributed by atoms with Crippen molar-refractivity contribution in [3.8, 4) is 5.75 Å². The monoisotopic (exact) mass is 238 g/mol. The summed E-state index contributed by atoms with van der Waals surface area (Å²) in [6.07, 6.45) is 0.0757. The van der Waals surface area contributed by atoms with Gasteiger partial charge in [0.25, 0.3) is 0 Å². The van der Waals surface area contributed by atoms with E-state index >= 15 is 0 Å². The zero-order chi connectivity index (χ0) is 12.7. The Balaban J connectivity index is 2.75. The summed E-state index contributed by atoms with van der Waals surface area (Å²) in [6, 6.07) is 7.42. The van der Waals surface area contributed by atoms with E-state index in [-0.39, 0.29) is 12.3 Å². The maximum absolute atomic E-state index is 10.8. The molecule has 0 aromatic heterocycles. The fraction of sp³-hybridized carbons (Fsp3) is 0.462. The standard InChI is InChI=1S/C13H18O4/c1-3-17-9-11(8-13(14)15)10-4-6-12(16-2)7-5-10/h4-7,11H,3,8-9H2,1-2H3,(H,14,15). The molecule has 1 aromatic rings. The van der Waals surface area contributed by atoms with E-state index in [2.05, 4.69) is 0 Å². The van der Waals surface area contributed by atoms with E-state index in [4.69, 9.17) is 14.6 Å². The first-order chi connectivity index (χ1) is 8.17. The third kappa shape index (κ3) is 4.44. The van der Waals surface area contributed by atoms with Crippen molar-refractivity contribution >= 4 is 5.97 Å². The Labute approximate surface area is 101 Å². The van der Waals surface area contributed by atoms with Crippen LogP contribution in [0.25, 0.3) is 0 Å². The second kappa shape index (κ2) is 6.91. The van der Waals surface area contributed by atoms with Crippen LogP contribution in [0.1, 0.15) is 24.8 Å². The highest BCUT2D eigenvalue weighted by Gasteiger charge is 2.15. The zero-order valence-electron chi connectivity index (χ0n) is 10.2. The lowest BCUT2D eigenvalue weighted by molar-refractivity contribution is -0.137. The lowest BCUT2D eigenvalue weighted by Crippen LogP contribution is -2.12. The van der Waals surface area contributed by atoms with Crippen LogP contribution in [0.5, 0.6) is 5.75 Å². The molecule has 1 unspecified atom stereocenters. The number of carboxylic acid groups (broad SMARTS) is 1. The van der Waals surface area contributed by atoms with Crippen molar-refractivity contribution in [3.05, 3.63) is 29.8 Å². The van der Waals surface area contributed by atoms with E-state index in [0.717, 1.165) is 11.3 Å². The molecule has 1 aromatic carbocycles. The average molecular weight is 238 g/mol. The summed E-state index contributed by atoms with van der Waals surface area (Å²) in [7, 11) is 1.60. The van der Waals surface area contributed by atoms with Crippen LogP contribution < -0.4 is 4.74 Å². The molecule has 0 saturated carbocycles. The van der Waals surface area contributed by atoms with E-state index in [1.807, 2.05) is 31.2 Å². The zero-order valence-corrected chi connectivity index (χ0v) is 10.2. The number of aliphatic carboxylic acids is 1. The molecule has 0 bridgehead atoms. The largest absolute Gasteiger partial charge is 0.497 e. The number of benzene rings is 1. The lowest BCUT2D eigenvalue weighted by Gasteiger charge is -2.15. The van der Waals surface area contributed by atoms with Gasteiger partial charge < -0.3 is 14.6 Å². The van der Waals surface area contributed by atoms with Crippen LogP contribution in [0.3, 0.4) is 0 Å². The van der Waals surface area contributed by atoms with Gasteiger partial charge in [0.05, 0.1) is 20.1 Å². The third-order valence-electron chi connectivity index (χ3n) is 2.53. The Morgan fingerprint density at radius 3 is 2.47 bits per heavy atom. The summed E-state index contributed by atoms with van der Waals surface area (Å²) in [5, 5.41) is 8.87. The minimum absolute atomic E-state index is 0.0757. The molecule has 1 atom stereocenters. The average Bonchev–Trinajstić information content (AvgIpc) is 2.34. The van der Waals surface area contributed by atoms with Crippen molar-refractivity contribution in [2.45, 2.75) is 19.3 Å². The Morgan fingerprint density at radius 2 is 2.00 bits per heavy atom. The van der Waals surface area contributed by atoms with Gasteiger partial charge in [-0.1, -0.05) is 12.1 Å². The molecule has 0 spiro atoms. The van der Waals surface area contributed by atoms with Crippen LogP contribution in [0.15, 0.2) is 24.3 Å². The van der Waals surface area contributed by atoms with Gasteiger partial charge in [-0.05, 0) is 24.6 Å². The van der Waals surface area contributed by atoms with Crippen LogP contribution in [0, 0.1) is 0 Å². The van der Waals surface area contributed by atoms with Gasteiger partial charge in [-0.25, -0.2) is 0 Å². The van der Waals surface area contributed by atoms with Crippen molar-refractivity contribution in [3.63, 3.8) is 0 Å². The molecule has 0 radical (unpaired) electrons. The van der Waals surface area contributed by atoms with Gasteiger partial charge in [0.15, 0.2) is 0 Å². The van der Waals surface area contributed by atoms with Gasteiger partial charge in [-0.2, -0.15) is 0 Å². The van der Waals surface area contributed by atoms with Crippen molar-refractivity contribution in [2.24, 2.45) is 0 Å². The predicted octanol–water partition coefficient (Wildman–Crippen LogP) is 2.29. The first-order valence-corrected chi connectivity index (χ1v) is 5.60. The van der Waals surface area contributed by atoms with E-state index in [1.165, 1.54) is 0 Å². The van der Waals surface area contributed by atoms with Gasteiger partial charge in [-0.15, -0.1) is 0 Å². The Kier molecular flexibility index (Phi) is 5.49. The molecule has 0 fully saturated rings. The van der Waals surface area contributed by atoms with Crippen molar-refractivity contribution in [1.82, 2.24) is 0 Å². The van der Waals surface area contributed by atoms with Crippen LogP contribution in [-0.2, 0) is 9.53 Å². The fourth-order valence-corrected chi connectivity index (χ4v) is 1.62. The first kappa shape index (κ1) is 13.5. The third-order valence-corrected chi connectivity index (χ3v) is 2.53. The number of rotatable bonds is 7. The fourth-order valence-electron chi connectivity index (χ4n) is 1.62. The summed E-state index contributed by atoms with van der Waals surface area (Å²) < 4.78 is 10.4. The molecular formula is C13H18O4. The van der Waals surface area contributed by atoms with E-state index < -0.39 is 5.97 Å². The number of hydrogen-bond acceptors (Lipinski definition) is 3. The molecule has 0 saturated heterocycles. The molecule has 1 N–H and O–H groups in total. The molecule has 4 nitrogen and oxygen atoms in total. The maximum Gasteiger partial charge on any atom is 0.304 e. The molecule has 0 heterocycles. The quantitative estimate of drug-likeness (QED) is 0.791. The maximum atomic E-state index is 10.8. The highest BCUT2D eigenvalue weighted by molar-refractivity contribution is 5.68. The number of hydrogen-bond donors (Lipinski definition) is 1. The van der Waals surface area contributed by atoms with E-state index in [1.54, 1.807) is 7.11 Å². The summed E-state index contributed by atoms with van der Waals surface area (Å²) in [4.78, 5) is 10.8. The van der Waals surface area contributed by atoms with E-state index in [9.17, 15) is 4.79 Å². The molecular weight excluding hydrogens is 220 g/mol. The number of ether oxygens (including phenoxy) is 2. The summed E-state index contributed by atoms with van der Waals surface area (Å²) in [5.41, 5.74) is 0.960. The Morgan fingerprint density at radius 1 is 1.35 bits per heavy atom. The molecule has 94 valence electrons. The number of carboxylic acids is 1. The topological polar surface area (TPSA) is 55.8 Å². The molecule has 0 aliphatic heterocycles. The van der Waals surface area contributed by atoms with Gasteiger partial charge in [0.2, 0.25) is 0 Å².